The molecule has 0 saturated carbocycles. The molecule has 0 fully saturated rings. The summed E-state index contributed by atoms with van der Waals surface area (Å²) in [4.78, 5) is 27.1. The van der Waals surface area contributed by atoms with E-state index in [-0.39, 0.29) is 17.2 Å². The summed E-state index contributed by atoms with van der Waals surface area (Å²) < 4.78 is 1.33. The molecule has 0 radical (unpaired) electrons. The van der Waals surface area contributed by atoms with E-state index in [1.165, 1.54) is 22.2 Å². The van der Waals surface area contributed by atoms with Crippen LogP contribution in [0.15, 0.2) is 47.4 Å². The lowest BCUT2D eigenvalue weighted by Gasteiger charge is -2.07. The number of aromatic amines is 1. The molecule has 3 aromatic rings. The summed E-state index contributed by atoms with van der Waals surface area (Å²) in [5.74, 6) is -0.264. The number of carbonyl (C=O) groups is 1. The van der Waals surface area contributed by atoms with Gasteiger partial charge in [0.15, 0.2) is 0 Å². The smallest absolute Gasteiger partial charge is 0.271 e. The molecular weight excluding hydrogens is 304 g/mol. The summed E-state index contributed by atoms with van der Waals surface area (Å²) in [6.07, 6.45) is 3.49. The van der Waals surface area contributed by atoms with Crippen LogP contribution in [-0.2, 0) is 13.0 Å². The second-order valence-electron chi connectivity index (χ2n) is 5.65. The largest absolute Gasteiger partial charge is 0.361 e. The first-order valence-electron chi connectivity index (χ1n) is 8.10. The van der Waals surface area contributed by atoms with Gasteiger partial charge in [-0.2, -0.15) is 5.10 Å². The van der Waals surface area contributed by atoms with Crippen LogP contribution >= 0.6 is 0 Å². The van der Waals surface area contributed by atoms with Crippen molar-refractivity contribution in [3.8, 4) is 0 Å². The zero-order chi connectivity index (χ0) is 16.9. The Labute approximate surface area is 139 Å². The molecule has 2 aromatic heterocycles. The number of fused-ring (bicyclic) bond motifs is 1. The Kier molecular flexibility index (Phi) is 4.74. The number of aryl methyl sites for hydroxylation is 1. The molecule has 1 amide bonds. The van der Waals surface area contributed by atoms with E-state index in [1.807, 2.05) is 31.3 Å². The van der Waals surface area contributed by atoms with Gasteiger partial charge in [-0.1, -0.05) is 25.1 Å². The number of benzene rings is 1. The van der Waals surface area contributed by atoms with Gasteiger partial charge in [0.2, 0.25) is 0 Å². The van der Waals surface area contributed by atoms with E-state index in [0.29, 0.717) is 13.1 Å². The Morgan fingerprint density at radius 2 is 2.08 bits per heavy atom. The molecule has 124 valence electrons. The van der Waals surface area contributed by atoms with Crippen LogP contribution in [-0.4, -0.2) is 27.2 Å². The fourth-order valence-corrected chi connectivity index (χ4v) is 2.68. The number of H-pyrrole nitrogens is 1. The molecule has 0 spiro atoms. The maximum absolute atomic E-state index is 12.2. The third-order valence-corrected chi connectivity index (χ3v) is 3.89. The summed E-state index contributed by atoms with van der Waals surface area (Å²) in [7, 11) is 0. The molecule has 0 aliphatic carbocycles. The minimum atomic E-state index is -0.264. The van der Waals surface area contributed by atoms with Gasteiger partial charge in [0.1, 0.15) is 5.69 Å². The van der Waals surface area contributed by atoms with Crippen molar-refractivity contribution in [3.05, 3.63) is 64.2 Å². The van der Waals surface area contributed by atoms with E-state index in [9.17, 15) is 9.59 Å². The molecule has 0 bridgehead atoms. The molecule has 0 aliphatic rings. The summed E-state index contributed by atoms with van der Waals surface area (Å²) in [6, 6.07) is 10.9. The number of rotatable bonds is 6. The van der Waals surface area contributed by atoms with Crippen LogP contribution in [0, 0.1) is 0 Å². The molecular formula is C18H20N4O2. The Hall–Kier alpha value is -2.89. The minimum Gasteiger partial charge on any atom is -0.361 e. The summed E-state index contributed by atoms with van der Waals surface area (Å²) in [6.45, 7) is 2.98. The number of aromatic nitrogens is 3. The number of nitrogens with zero attached hydrogens (tertiary/aromatic N) is 2. The second kappa shape index (κ2) is 7.12. The molecule has 6 heteroatoms. The first kappa shape index (κ1) is 16.0. The zero-order valence-corrected chi connectivity index (χ0v) is 13.6. The highest BCUT2D eigenvalue weighted by Gasteiger charge is 2.09. The average Bonchev–Trinajstić information content (AvgIpc) is 3.00. The van der Waals surface area contributed by atoms with E-state index >= 15 is 0 Å². The van der Waals surface area contributed by atoms with Crippen LogP contribution in [0.4, 0.5) is 0 Å². The highest BCUT2D eigenvalue weighted by molar-refractivity contribution is 5.92. The van der Waals surface area contributed by atoms with Crippen LogP contribution in [0.3, 0.4) is 0 Å². The Bertz CT molecular complexity index is 911. The maximum atomic E-state index is 12.2. The number of hydrogen-bond donors (Lipinski definition) is 2. The van der Waals surface area contributed by atoms with E-state index in [4.69, 9.17) is 0 Å². The van der Waals surface area contributed by atoms with Gasteiger partial charge in [-0.3, -0.25) is 9.59 Å². The summed E-state index contributed by atoms with van der Waals surface area (Å²) in [5, 5.41) is 8.14. The number of nitrogens with one attached hydrogen (secondary N) is 2. The molecule has 2 N–H and O–H groups in total. The minimum absolute atomic E-state index is 0.188. The fourth-order valence-electron chi connectivity index (χ4n) is 2.68. The quantitative estimate of drug-likeness (QED) is 0.729. The number of amides is 1. The lowest BCUT2D eigenvalue weighted by Crippen LogP contribution is -2.30. The van der Waals surface area contributed by atoms with Crippen molar-refractivity contribution in [2.45, 2.75) is 26.3 Å². The van der Waals surface area contributed by atoms with E-state index < -0.39 is 0 Å². The Morgan fingerprint density at radius 3 is 2.92 bits per heavy atom. The molecule has 6 nitrogen and oxygen atoms in total. The average molecular weight is 324 g/mol. The van der Waals surface area contributed by atoms with Crippen molar-refractivity contribution in [3.63, 3.8) is 0 Å². The topological polar surface area (TPSA) is 79.8 Å². The first-order valence-corrected chi connectivity index (χ1v) is 8.10. The van der Waals surface area contributed by atoms with Crippen molar-refractivity contribution in [2.24, 2.45) is 0 Å². The number of hydrogen-bond acceptors (Lipinski definition) is 3. The molecule has 3 rings (SSSR count). The van der Waals surface area contributed by atoms with Gasteiger partial charge < -0.3 is 10.3 Å². The van der Waals surface area contributed by atoms with E-state index in [2.05, 4.69) is 21.5 Å². The van der Waals surface area contributed by atoms with Crippen molar-refractivity contribution >= 4 is 16.8 Å². The molecule has 0 unspecified atom stereocenters. The molecule has 0 atom stereocenters. The van der Waals surface area contributed by atoms with Crippen LogP contribution in [0.5, 0.6) is 0 Å². The second-order valence-corrected chi connectivity index (χ2v) is 5.65. The zero-order valence-electron chi connectivity index (χ0n) is 13.6. The monoisotopic (exact) mass is 324 g/mol. The van der Waals surface area contributed by atoms with Crippen LogP contribution in [0.25, 0.3) is 10.9 Å². The van der Waals surface area contributed by atoms with Gasteiger partial charge >= 0.3 is 0 Å². The molecule has 0 saturated heterocycles. The van der Waals surface area contributed by atoms with Gasteiger partial charge in [-0.25, -0.2) is 4.68 Å². The lowest BCUT2D eigenvalue weighted by molar-refractivity contribution is 0.0946. The van der Waals surface area contributed by atoms with Crippen LogP contribution in [0.1, 0.15) is 29.4 Å². The standard InChI is InChI=1S/C18H20N4O2/c1-2-11-22-17(23)8-7-16(21-22)18(24)19-10-9-13-12-20-15-6-4-3-5-14(13)15/h3-8,12,20H,2,9-11H2,1H3,(H,19,24). The first-order chi connectivity index (χ1) is 11.7. The van der Waals surface area contributed by atoms with Gasteiger partial charge in [-0.15, -0.1) is 0 Å². The predicted molar refractivity (Wildman–Crippen MR) is 93.1 cm³/mol. The predicted octanol–water partition coefficient (Wildman–Crippen LogP) is 2.11. The number of carbonyl (C=O) groups excluding carboxylic acids is 1. The normalized spacial score (nSPS) is 10.9. The molecule has 0 aliphatic heterocycles. The third kappa shape index (κ3) is 3.37. The highest BCUT2D eigenvalue weighted by atomic mass is 16.2. The van der Waals surface area contributed by atoms with Crippen molar-refractivity contribution in [1.82, 2.24) is 20.1 Å². The third-order valence-electron chi connectivity index (χ3n) is 3.89. The van der Waals surface area contributed by atoms with Gasteiger partial charge in [-0.05, 0) is 30.5 Å². The lowest BCUT2D eigenvalue weighted by atomic mass is 10.1. The van der Waals surface area contributed by atoms with Crippen molar-refractivity contribution < 1.29 is 4.79 Å². The molecule has 2 heterocycles. The van der Waals surface area contributed by atoms with Gasteiger partial charge in [0, 0.05) is 36.3 Å². The van der Waals surface area contributed by atoms with Crippen LogP contribution in [0.2, 0.25) is 0 Å². The summed E-state index contributed by atoms with van der Waals surface area (Å²) in [5.41, 5.74) is 2.33. The highest BCUT2D eigenvalue weighted by Crippen LogP contribution is 2.17. The maximum Gasteiger partial charge on any atom is 0.271 e. The van der Waals surface area contributed by atoms with Gasteiger partial charge in [0.25, 0.3) is 11.5 Å². The summed E-state index contributed by atoms with van der Waals surface area (Å²) >= 11 is 0. The van der Waals surface area contributed by atoms with Gasteiger partial charge in [0.05, 0.1) is 0 Å². The van der Waals surface area contributed by atoms with Crippen molar-refractivity contribution in [1.29, 1.82) is 0 Å². The molecule has 24 heavy (non-hydrogen) atoms. The van der Waals surface area contributed by atoms with Crippen LogP contribution < -0.4 is 10.9 Å². The van der Waals surface area contributed by atoms with E-state index in [1.54, 1.807) is 0 Å². The SMILES string of the molecule is CCCn1nc(C(=O)NCCc2c[nH]c3ccccc23)ccc1=O. The Balaban J connectivity index is 1.63. The number of para-hydroxylation sites is 1. The van der Waals surface area contributed by atoms with Crippen molar-refractivity contribution in [2.75, 3.05) is 6.54 Å². The van der Waals surface area contributed by atoms with E-state index in [0.717, 1.165) is 23.9 Å². The Morgan fingerprint density at radius 1 is 1.25 bits per heavy atom. The fraction of sp³-hybridized carbons (Fsp3) is 0.278. The molecule has 1 aromatic carbocycles.